The van der Waals surface area contributed by atoms with Crippen LogP contribution in [0.1, 0.15) is 20.8 Å². The van der Waals surface area contributed by atoms with Gasteiger partial charge in [-0.05, 0) is 26.1 Å². The second-order valence-corrected chi connectivity index (χ2v) is 3.48. The first kappa shape index (κ1) is 10.3. The maximum atomic E-state index is 2.42. The van der Waals surface area contributed by atoms with E-state index in [2.05, 4.69) is 48.9 Å². The zero-order valence-electron chi connectivity index (χ0n) is 8.95. The van der Waals surface area contributed by atoms with Gasteiger partial charge >= 0.3 is 0 Å². The summed E-state index contributed by atoms with van der Waals surface area (Å²) in [6.07, 6.45) is 6.63. The zero-order valence-corrected chi connectivity index (χ0v) is 8.95. The molecule has 0 spiro atoms. The van der Waals surface area contributed by atoms with E-state index in [1.165, 1.54) is 5.57 Å². The molecule has 0 unspecified atom stereocenters. The molecule has 0 saturated heterocycles. The van der Waals surface area contributed by atoms with E-state index >= 15 is 0 Å². The third-order valence-corrected chi connectivity index (χ3v) is 2.47. The van der Waals surface area contributed by atoms with Crippen LogP contribution in [0.15, 0.2) is 23.9 Å². The summed E-state index contributed by atoms with van der Waals surface area (Å²) in [5.74, 6) is 0. The van der Waals surface area contributed by atoms with E-state index < -0.39 is 0 Å². The third kappa shape index (κ3) is 3.23. The quantitative estimate of drug-likeness (QED) is 0.653. The van der Waals surface area contributed by atoms with Crippen LogP contribution in [0.5, 0.6) is 0 Å². The van der Waals surface area contributed by atoms with E-state index in [0.29, 0.717) is 0 Å². The van der Waals surface area contributed by atoms with E-state index in [1.54, 1.807) is 0 Å². The van der Waals surface area contributed by atoms with Crippen molar-refractivity contribution in [2.75, 3.05) is 26.3 Å². The monoisotopic (exact) mass is 180 g/mol. The first-order valence-electron chi connectivity index (χ1n) is 5.07. The van der Waals surface area contributed by atoms with Crippen LogP contribution >= 0.6 is 0 Å². The molecule has 0 amide bonds. The number of hydrogen-bond donors (Lipinski definition) is 0. The number of hydrogen-bond acceptors (Lipinski definition) is 2. The highest BCUT2D eigenvalue weighted by atomic mass is 15.3. The summed E-state index contributed by atoms with van der Waals surface area (Å²) in [5, 5.41) is 0. The van der Waals surface area contributed by atoms with Gasteiger partial charge in [0.15, 0.2) is 0 Å². The van der Waals surface area contributed by atoms with Crippen molar-refractivity contribution in [3.05, 3.63) is 23.9 Å². The Morgan fingerprint density at radius 3 is 2.54 bits per heavy atom. The summed E-state index contributed by atoms with van der Waals surface area (Å²) in [6, 6.07) is 0. The van der Waals surface area contributed by atoms with Crippen LogP contribution < -0.4 is 0 Å². The molecule has 1 aliphatic heterocycles. The molecule has 0 atom stereocenters. The molecule has 1 rings (SSSR count). The molecule has 2 nitrogen and oxygen atoms in total. The van der Waals surface area contributed by atoms with Crippen LogP contribution in [0.4, 0.5) is 0 Å². The lowest BCUT2D eigenvalue weighted by Crippen LogP contribution is -2.35. The predicted octanol–water partition coefficient (Wildman–Crippen LogP) is 2.06. The lowest BCUT2D eigenvalue weighted by Gasteiger charge is -2.28. The van der Waals surface area contributed by atoms with Crippen molar-refractivity contribution in [3.63, 3.8) is 0 Å². The molecule has 0 aliphatic carbocycles. The lowest BCUT2D eigenvalue weighted by atomic mass is 10.2. The molecular weight excluding hydrogens is 160 g/mol. The lowest BCUT2D eigenvalue weighted by molar-refractivity contribution is 0.195. The van der Waals surface area contributed by atoms with Crippen molar-refractivity contribution in [2.45, 2.75) is 20.8 Å². The molecule has 0 fully saturated rings. The summed E-state index contributed by atoms with van der Waals surface area (Å²) in [7, 11) is 0. The zero-order chi connectivity index (χ0) is 9.68. The fourth-order valence-electron chi connectivity index (χ4n) is 1.40. The summed E-state index contributed by atoms with van der Waals surface area (Å²) >= 11 is 0. The molecule has 0 saturated carbocycles. The van der Waals surface area contributed by atoms with Crippen LogP contribution in [0.25, 0.3) is 0 Å². The van der Waals surface area contributed by atoms with Crippen molar-refractivity contribution in [1.29, 1.82) is 0 Å². The maximum absolute atomic E-state index is 2.42. The van der Waals surface area contributed by atoms with Crippen LogP contribution in [0.2, 0.25) is 0 Å². The molecule has 2 heteroatoms. The summed E-state index contributed by atoms with van der Waals surface area (Å²) in [5.41, 5.74) is 1.37. The third-order valence-electron chi connectivity index (χ3n) is 2.47. The van der Waals surface area contributed by atoms with Gasteiger partial charge in [-0.3, -0.25) is 4.90 Å². The molecule has 74 valence electrons. The largest absolute Gasteiger partial charge is 0.361 e. The Morgan fingerprint density at radius 1 is 1.38 bits per heavy atom. The number of nitrogens with zero attached hydrogens (tertiary/aromatic N) is 2. The summed E-state index contributed by atoms with van der Waals surface area (Å²) in [4.78, 5) is 4.75. The highest BCUT2D eigenvalue weighted by Gasteiger charge is 2.05. The van der Waals surface area contributed by atoms with Gasteiger partial charge in [0.25, 0.3) is 0 Å². The standard InChI is InChI=1S/C11H20N2/c1-4-12(5-2)10-13-8-6-11(3)7-9-13/h6-8H,4-5,9-10H2,1-3H3. The van der Waals surface area contributed by atoms with E-state index in [0.717, 1.165) is 26.3 Å². The van der Waals surface area contributed by atoms with Gasteiger partial charge < -0.3 is 4.90 Å². The molecular formula is C11H20N2. The second kappa shape index (κ2) is 5.07. The molecule has 1 heterocycles. The Labute approximate surface area is 81.5 Å². The van der Waals surface area contributed by atoms with Gasteiger partial charge in [-0.25, -0.2) is 0 Å². The minimum atomic E-state index is 1.05. The molecule has 0 aromatic carbocycles. The Morgan fingerprint density at radius 2 is 2.08 bits per heavy atom. The SMILES string of the molecule is CCN(CC)CN1C=CC(C)=CC1. The van der Waals surface area contributed by atoms with Crippen LogP contribution in [0, 0.1) is 0 Å². The van der Waals surface area contributed by atoms with Gasteiger partial charge in [-0.2, -0.15) is 0 Å². The van der Waals surface area contributed by atoms with Crippen molar-refractivity contribution in [3.8, 4) is 0 Å². The first-order chi connectivity index (χ1) is 6.26. The fraction of sp³-hybridized carbons (Fsp3) is 0.636. The molecule has 0 aromatic heterocycles. The minimum Gasteiger partial charge on any atom is -0.361 e. The van der Waals surface area contributed by atoms with Crippen molar-refractivity contribution < 1.29 is 0 Å². The second-order valence-electron chi connectivity index (χ2n) is 3.48. The summed E-state index contributed by atoms with van der Waals surface area (Å²) in [6.45, 7) is 10.9. The predicted molar refractivity (Wildman–Crippen MR) is 57.4 cm³/mol. The van der Waals surface area contributed by atoms with Crippen LogP contribution in [0.3, 0.4) is 0 Å². The normalized spacial score (nSPS) is 16.6. The molecule has 13 heavy (non-hydrogen) atoms. The molecule has 0 bridgehead atoms. The first-order valence-corrected chi connectivity index (χ1v) is 5.07. The molecule has 1 aliphatic rings. The Kier molecular flexibility index (Phi) is 4.03. The van der Waals surface area contributed by atoms with Crippen molar-refractivity contribution in [2.24, 2.45) is 0 Å². The number of rotatable bonds is 4. The van der Waals surface area contributed by atoms with Gasteiger partial charge in [0.1, 0.15) is 0 Å². The van der Waals surface area contributed by atoms with Gasteiger partial charge in [0.2, 0.25) is 0 Å². The minimum absolute atomic E-state index is 1.05. The smallest absolute Gasteiger partial charge is 0.0704 e. The van der Waals surface area contributed by atoms with E-state index in [4.69, 9.17) is 0 Å². The molecule has 0 N–H and O–H groups in total. The van der Waals surface area contributed by atoms with Crippen LogP contribution in [-0.2, 0) is 0 Å². The Balaban J connectivity index is 2.35. The van der Waals surface area contributed by atoms with Gasteiger partial charge in [0.05, 0.1) is 6.67 Å². The van der Waals surface area contributed by atoms with Gasteiger partial charge in [0, 0.05) is 12.7 Å². The molecule has 0 aromatic rings. The summed E-state index contributed by atoms with van der Waals surface area (Å²) < 4.78 is 0. The molecule has 0 radical (unpaired) electrons. The van der Waals surface area contributed by atoms with Gasteiger partial charge in [-0.1, -0.05) is 25.5 Å². The number of allylic oxidation sites excluding steroid dienone is 2. The maximum Gasteiger partial charge on any atom is 0.0704 e. The Bertz CT molecular complexity index is 202. The average Bonchev–Trinajstić information content (AvgIpc) is 2.17. The average molecular weight is 180 g/mol. The van der Waals surface area contributed by atoms with Crippen LogP contribution in [-0.4, -0.2) is 36.1 Å². The van der Waals surface area contributed by atoms with Gasteiger partial charge in [-0.15, -0.1) is 0 Å². The van der Waals surface area contributed by atoms with E-state index in [1.807, 2.05) is 0 Å². The topological polar surface area (TPSA) is 6.48 Å². The highest BCUT2D eigenvalue weighted by Crippen LogP contribution is 2.06. The van der Waals surface area contributed by atoms with Crippen molar-refractivity contribution >= 4 is 0 Å². The fourth-order valence-corrected chi connectivity index (χ4v) is 1.40. The highest BCUT2D eigenvalue weighted by molar-refractivity contribution is 5.19. The Hall–Kier alpha value is -0.760. The van der Waals surface area contributed by atoms with E-state index in [9.17, 15) is 0 Å². The van der Waals surface area contributed by atoms with Crippen molar-refractivity contribution in [1.82, 2.24) is 9.80 Å². The van der Waals surface area contributed by atoms with E-state index in [-0.39, 0.29) is 0 Å².